The van der Waals surface area contributed by atoms with Gasteiger partial charge < -0.3 is 9.80 Å². The summed E-state index contributed by atoms with van der Waals surface area (Å²) in [6.45, 7) is 18.1. The van der Waals surface area contributed by atoms with Crippen molar-refractivity contribution in [2.24, 2.45) is 40.9 Å². The van der Waals surface area contributed by atoms with Crippen LogP contribution in [0.1, 0.15) is 34.1 Å². The van der Waals surface area contributed by atoms with Crippen molar-refractivity contribution in [3.05, 3.63) is 0 Å². The predicted molar refractivity (Wildman–Crippen MR) is 83.6 cm³/mol. The minimum atomic E-state index is 0.636. The van der Waals surface area contributed by atoms with Crippen LogP contribution < -0.4 is 0 Å². The maximum atomic E-state index is 2.75. The fourth-order valence-corrected chi connectivity index (χ4v) is 7.09. The Bertz CT molecular complexity index is 365. The Kier molecular flexibility index (Phi) is 3.03. The van der Waals surface area contributed by atoms with Crippen molar-refractivity contribution in [2.75, 3.05) is 39.3 Å². The SMILES string of the molecule is CCN1CC2C3C(C)CC(C)(C2C1)C1CN(CC)CC31. The zero-order valence-electron chi connectivity index (χ0n) is 13.8. The zero-order valence-corrected chi connectivity index (χ0v) is 13.8. The highest BCUT2D eigenvalue weighted by atomic mass is 15.2. The minimum Gasteiger partial charge on any atom is -0.303 e. The molecular weight excluding hydrogens is 244 g/mol. The van der Waals surface area contributed by atoms with Crippen LogP contribution in [-0.4, -0.2) is 49.1 Å². The predicted octanol–water partition coefficient (Wildman–Crippen LogP) is 2.80. The molecule has 2 heterocycles. The van der Waals surface area contributed by atoms with Gasteiger partial charge in [0.25, 0.3) is 0 Å². The lowest BCUT2D eigenvalue weighted by Gasteiger charge is -2.61. The molecule has 0 aromatic carbocycles. The quantitative estimate of drug-likeness (QED) is 0.765. The van der Waals surface area contributed by atoms with Gasteiger partial charge in [0.05, 0.1) is 0 Å². The van der Waals surface area contributed by atoms with E-state index in [4.69, 9.17) is 0 Å². The summed E-state index contributed by atoms with van der Waals surface area (Å²) in [4.78, 5) is 5.49. The van der Waals surface area contributed by atoms with Gasteiger partial charge >= 0.3 is 0 Å². The summed E-state index contributed by atoms with van der Waals surface area (Å²) in [6, 6.07) is 0. The highest BCUT2D eigenvalue weighted by molar-refractivity contribution is 5.15. The molecular formula is C18H32N2. The lowest BCUT2D eigenvalue weighted by atomic mass is 9.42. The molecule has 0 radical (unpaired) electrons. The number of hydrogen-bond acceptors (Lipinski definition) is 2. The van der Waals surface area contributed by atoms with Gasteiger partial charge in [-0.3, -0.25) is 0 Å². The summed E-state index contributed by atoms with van der Waals surface area (Å²) < 4.78 is 0. The first kappa shape index (κ1) is 13.6. The van der Waals surface area contributed by atoms with E-state index in [9.17, 15) is 0 Å². The van der Waals surface area contributed by atoms with E-state index in [0.29, 0.717) is 5.41 Å². The van der Waals surface area contributed by atoms with Gasteiger partial charge in [0, 0.05) is 26.2 Å². The molecule has 5 atom stereocenters. The minimum absolute atomic E-state index is 0.636. The standard InChI is InChI=1S/C18H32N2/c1-5-19-8-13-15(10-19)18(4)7-12(3)17(13)14-9-20(6-2)11-16(14)18/h12-17H,5-11H2,1-4H3. The van der Waals surface area contributed by atoms with Gasteiger partial charge in [-0.2, -0.15) is 0 Å². The molecule has 3 saturated carbocycles. The van der Waals surface area contributed by atoms with E-state index >= 15 is 0 Å². The van der Waals surface area contributed by atoms with Crippen LogP contribution in [0.15, 0.2) is 0 Å². The smallest absolute Gasteiger partial charge is 0.00182 e. The molecule has 0 N–H and O–H groups in total. The van der Waals surface area contributed by atoms with Crippen molar-refractivity contribution in [1.29, 1.82) is 0 Å². The van der Waals surface area contributed by atoms with Gasteiger partial charge in [-0.15, -0.1) is 0 Å². The molecule has 2 aliphatic heterocycles. The largest absolute Gasteiger partial charge is 0.303 e. The third-order valence-corrected chi connectivity index (χ3v) is 7.88. The Hall–Kier alpha value is -0.0800. The topological polar surface area (TPSA) is 6.48 Å². The van der Waals surface area contributed by atoms with Gasteiger partial charge in [-0.1, -0.05) is 27.7 Å². The Balaban J connectivity index is 1.70. The summed E-state index contributed by atoms with van der Waals surface area (Å²) in [6.07, 6.45) is 1.51. The second kappa shape index (κ2) is 4.46. The molecule has 0 aromatic rings. The van der Waals surface area contributed by atoms with Gasteiger partial charge in [-0.05, 0) is 60.4 Å². The molecule has 2 heteroatoms. The van der Waals surface area contributed by atoms with Gasteiger partial charge in [0.2, 0.25) is 0 Å². The molecule has 5 unspecified atom stereocenters. The first-order valence-corrected chi connectivity index (χ1v) is 9.03. The number of hydrogen-bond donors (Lipinski definition) is 0. The monoisotopic (exact) mass is 276 g/mol. The fraction of sp³-hybridized carbons (Fsp3) is 1.00. The highest BCUT2D eigenvalue weighted by Gasteiger charge is 2.65. The van der Waals surface area contributed by atoms with E-state index in [1.54, 1.807) is 0 Å². The van der Waals surface area contributed by atoms with Crippen LogP contribution in [0, 0.1) is 40.9 Å². The summed E-state index contributed by atoms with van der Waals surface area (Å²) >= 11 is 0. The van der Waals surface area contributed by atoms with Crippen molar-refractivity contribution < 1.29 is 0 Å². The Morgan fingerprint density at radius 1 is 0.900 bits per heavy atom. The van der Waals surface area contributed by atoms with Crippen LogP contribution in [0.5, 0.6) is 0 Å². The van der Waals surface area contributed by atoms with Crippen molar-refractivity contribution >= 4 is 0 Å². The molecule has 0 aromatic heterocycles. The molecule has 2 nitrogen and oxygen atoms in total. The Morgan fingerprint density at radius 2 is 1.40 bits per heavy atom. The van der Waals surface area contributed by atoms with Crippen molar-refractivity contribution in [1.82, 2.24) is 9.80 Å². The first-order chi connectivity index (χ1) is 9.58. The van der Waals surface area contributed by atoms with E-state index in [2.05, 4.69) is 37.5 Å². The normalized spacial score (nSPS) is 55.2. The zero-order chi connectivity index (χ0) is 14.1. The third-order valence-electron chi connectivity index (χ3n) is 7.88. The van der Waals surface area contributed by atoms with Crippen LogP contribution in [0.25, 0.3) is 0 Å². The van der Waals surface area contributed by atoms with Gasteiger partial charge in [-0.25, -0.2) is 0 Å². The second-order valence-electron chi connectivity index (χ2n) is 8.51. The lowest BCUT2D eigenvalue weighted by molar-refractivity contribution is -0.130. The molecule has 0 spiro atoms. The number of rotatable bonds is 2. The molecule has 2 saturated heterocycles. The number of fused-ring (bicyclic) bond motifs is 1. The van der Waals surface area contributed by atoms with Gasteiger partial charge in [0.1, 0.15) is 0 Å². The van der Waals surface area contributed by atoms with Gasteiger partial charge in [0.15, 0.2) is 0 Å². The summed E-state index contributed by atoms with van der Waals surface area (Å²) in [5, 5.41) is 0. The van der Waals surface area contributed by atoms with E-state index < -0.39 is 0 Å². The van der Waals surface area contributed by atoms with Crippen molar-refractivity contribution in [3.63, 3.8) is 0 Å². The molecule has 3 aliphatic carbocycles. The lowest BCUT2D eigenvalue weighted by Crippen LogP contribution is -2.59. The van der Waals surface area contributed by atoms with Crippen molar-refractivity contribution in [3.8, 4) is 0 Å². The Labute approximate surface area is 124 Å². The molecule has 20 heavy (non-hydrogen) atoms. The van der Waals surface area contributed by atoms with Crippen LogP contribution in [0.2, 0.25) is 0 Å². The Morgan fingerprint density at radius 3 is 1.85 bits per heavy atom. The van der Waals surface area contributed by atoms with Crippen LogP contribution in [-0.2, 0) is 0 Å². The molecule has 5 aliphatic rings. The molecule has 114 valence electrons. The van der Waals surface area contributed by atoms with E-state index in [-0.39, 0.29) is 0 Å². The maximum absolute atomic E-state index is 2.75. The summed E-state index contributed by atoms with van der Waals surface area (Å²) in [7, 11) is 0. The molecule has 5 fully saturated rings. The average Bonchev–Trinajstić information content (AvgIpc) is 3.03. The highest BCUT2D eigenvalue weighted by Crippen LogP contribution is 2.66. The van der Waals surface area contributed by atoms with E-state index in [1.807, 2.05) is 0 Å². The van der Waals surface area contributed by atoms with Crippen LogP contribution in [0.3, 0.4) is 0 Å². The first-order valence-electron chi connectivity index (χ1n) is 9.03. The molecule has 0 amide bonds. The van der Waals surface area contributed by atoms with Crippen LogP contribution in [0.4, 0.5) is 0 Å². The van der Waals surface area contributed by atoms with E-state index in [1.165, 1.54) is 45.7 Å². The van der Waals surface area contributed by atoms with Crippen LogP contribution >= 0.6 is 0 Å². The number of likely N-dealkylation sites (tertiary alicyclic amines) is 2. The maximum Gasteiger partial charge on any atom is 0.00182 e. The summed E-state index contributed by atoms with van der Waals surface area (Å²) in [5.74, 6) is 6.03. The molecule has 2 bridgehead atoms. The summed E-state index contributed by atoms with van der Waals surface area (Å²) in [5.41, 5.74) is 0.636. The van der Waals surface area contributed by atoms with Crippen molar-refractivity contribution in [2.45, 2.75) is 34.1 Å². The molecule has 5 rings (SSSR count). The third kappa shape index (κ3) is 1.58. The van der Waals surface area contributed by atoms with E-state index in [0.717, 1.165) is 35.5 Å². The second-order valence-corrected chi connectivity index (χ2v) is 8.51. The average molecular weight is 276 g/mol. The number of nitrogens with zero attached hydrogens (tertiary/aromatic N) is 2. The fourth-order valence-electron chi connectivity index (χ4n) is 7.09.